The summed E-state index contributed by atoms with van der Waals surface area (Å²) in [6.45, 7) is 4.26. The van der Waals surface area contributed by atoms with Gasteiger partial charge in [-0.3, -0.25) is 5.10 Å². The molecule has 1 aromatic heterocycles. The number of nitrogens with one attached hydrogen (secondary N) is 3. The molecule has 0 aliphatic carbocycles. The summed E-state index contributed by atoms with van der Waals surface area (Å²) in [5.41, 5.74) is 0.576. The van der Waals surface area contributed by atoms with Gasteiger partial charge in [0.25, 0.3) is 0 Å². The van der Waals surface area contributed by atoms with Gasteiger partial charge in [0.1, 0.15) is 17.0 Å². The standard InChI is InChI=1S/C12H17N5O2S/c1-3-13-10-6-4-5-7-11(10)20(18,19)17-9(2)12-14-8-15-16-12/h4-9,13,17H,3H2,1-2H3,(H,14,15,16). The summed E-state index contributed by atoms with van der Waals surface area (Å²) in [5.74, 6) is 0.467. The maximum Gasteiger partial charge on any atom is 0.243 e. The fraction of sp³-hybridized carbons (Fsp3) is 0.333. The molecule has 0 aliphatic heterocycles. The topological polar surface area (TPSA) is 99.8 Å². The molecule has 1 heterocycles. The van der Waals surface area contributed by atoms with Gasteiger partial charge in [-0.05, 0) is 26.0 Å². The van der Waals surface area contributed by atoms with Crippen LogP contribution >= 0.6 is 0 Å². The predicted molar refractivity (Wildman–Crippen MR) is 75.7 cm³/mol. The number of hydrogen-bond acceptors (Lipinski definition) is 5. The molecule has 0 saturated carbocycles. The lowest BCUT2D eigenvalue weighted by Crippen LogP contribution is -2.28. The molecule has 0 spiro atoms. The second kappa shape index (κ2) is 6.02. The molecule has 1 unspecified atom stereocenters. The monoisotopic (exact) mass is 295 g/mol. The molecular weight excluding hydrogens is 278 g/mol. The minimum atomic E-state index is -3.64. The van der Waals surface area contributed by atoms with Crippen LogP contribution in [-0.2, 0) is 10.0 Å². The predicted octanol–water partition coefficient (Wildman–Crippen LogP) is 1.28. The zero-order valence-electron chi connectivity index (χ0n) is 11.3. The Labute approximate surface area is 117 Å². The van der Waals surface area contributed by atoms with E-state index in [2.05, 4.69) is 25.2 Å². The summed E-state index contributed by atoms with van der Waals surface area (Å²) in [6, 6.07) is 6.29. The van der Waals surface area contributed by atoms with Crippen molar-refractivity contribution in [2.24, 2.45) is 0 Å². The number of nitrogens with zero attached hydrogens (tertiary/aromatic N) is 2. The SMILES string of the molecule is CCNc1ccccc1S(=O)(=O)NC(C)c1ncn[nH]1. The number of benzene rings is 1. The third-order valence-electron chi connectivity index (χ3n) is 2.72. The minimum Gasteiger partial charge on any atom is -0.384 e. The Kier molecular flexibility index (Phi) is 4.35. The average molecular weight is 295 g/mol. The molecule has 7 nitrogen and oxygen atoms in total. The first-order valence-electron chi connectivity index (χ1n) is 6.25. The number of aromatic amines is 1. The van der Waals surface area contributed by atoms with Crippen molar-refractivity contribution in [2.45, 2.75) is 24.8 Å². The Bertz CT molecular complexity index is 654. The molecule has 20 heavy (non-hydrogen) atoms. The van der Waals surface area contributed by atoms with Crippen LogP contribution in [0.5, 0.6) is 0 Å². The van der Waals surface area contributed by atoms with Crippen molar-refractivity contribution in [1.82, 2.24) is 19.9 Å². The van der Waals surface area contributed by atoms with Gasteiger partial charge in [0.15, 0.2) is 0 Å². The highest BCUT2D eigenvalue weighted by molar-refractivity contribution is 7.89. The molecule has 0 fully saturated rings. The van der Waals surface area contributed by atoms with Crippen molar-refractivity contribution in [2.75, 3.05) is 11.9 Å². The number of H-pyrrole nitrogens is 1. The lowest BCUT2D eigenvalue weighted by Gasteiger charge is -2.15. The Balaban J connectivity index is 2.27. The lowest BCUT2D eigenvalue weighted by atomic mass is 10.3. The fourth-order valence-electron chi connectivity index (χ4n) is 1.81. The van der Waals surface area contributed by atoms with Gasteiger partial charge >= 0.3 is 0 Å². The average Bonchev–Trinajstić information content (AvgIpc) is 2.93. The molecule has 2 aromatic rings. The second-order valence-electron chi connectivity index (χ2n) is 4.24. The van der Waals surface area contributed by atoms with Crippen LogP contribution in [0.1, 0.15) is 25.7 Å². The molecule has 0 radical (unpaired) electrons. The molecule has 0 bridgehead atoms. The zero-order chi connectivity index (χ0) is 14.6. The summed E-state index contributed by atoms with van der Waals surface area (Å²) >= 11 is 0. The highest BCUT2D eigenvalue weighted by Gasteiger charge is 2.22. The smallest absolute Gasteiger partial charge is 0.243 e. The Morgan fingerprint density at radius 3 is 2.75 bits per heavy atom. The van der Waals surface area contributed by atoms with Gasteiger partial charge in [0.2, 0.25) is 10.0 Å². The van der Waals surface area contributed by atoms with E-state index in [0.29, 0.717) is 18.1 Å². The summed E-state index contributed by atoms with van der Waals surface area (Å²) in [6.07, 6.45) is 1.34. The highest BCUT2D eigenvalue weighted by atomic mass is 32.2. The largest absolute Gasteiger partial charge is 0.384 e. The first kappa shape index (κ1) is 14.5. The molecule has 0 aliphatic rings. The van der Waals surface area contributed by atoms with Crippen molar-refractivity contribution < 1.29 is 8.42 Å². The van der Waals surface area contributed by atoms with Gasteiger partial charge in [-0.25, -0.2) is 18.1 Å². The van der Waals surface area contributed by atoms with Crippen LogP contribution in [0.15, 0.2) is 35.5 Å². The third-order valence-corrected chi connectivity index (χ3v) is 4.32. The van der Waals surface area contributed by atoms with E-state index in [1.54, 1.807) is 31.2 Å². The van der Waals surface area contributed by atoms with Gasteiger partial charge < -0.3 is 5.32 Å². The third kappa shape index (κ3) is 3.14. The molecule has 0 saturated heterocycles. The Morgan fingerprint density at radius 2 is 2.10 bits per heavy atom. The minimum absolute atomic E-state index is 0.216. The molecule has 108 valence electrons. The normalized spacial score (nSPS) is 13.1. The number of rotatable bonds is 6. The van der Waals surface area contributed by atoms with Crippen LogP contribution < -0.4 is 10.0 Å². The first-order valence-corrected chi connectivity index (χ1v) is 7.73. The molecule has 1 atom stereocenters. The number of sulfonamides is 1. The molecule has 8 heteroatoms. The molecule has 0 amide bonds. The van der Waals surface area contributed by atoms with E-state index in [4.69, 9.17) is 0 Å². The number of para-hydroxylation sites is 1. The summed E-state index contributed by atoms with van der Waals surface area (Å²) in [5, 5.41) is 9.39. The van der Waals surface area contributed by atoms with Gasteiger partial charge in [0, 0.05) is 6.54 Å². The summed E-state index contributed by atoms with van der Waals surface area (Å²) in [7, 11) is -3.64. The van der Waals surface area contributed by atoms with Crippen LogP contribution in [0.4, 0.5) is 5.69 Å². The maximum absolute atomic E-state index is 12.4. The Hall–Kier alpha value is -1.93. The van der Waals surface area contributed by atoms with E-state index in [1.165, 1.54) is 6.33 Å². The molecular formula is C12H17N5O2S. The van der Waals surface area contributed by atoms with Crippen molar-refractivity contribution >= 4 is 15.7 Å². The van der Waals surface area contributed by atoms with Gasteiger partial charge in [-0.1, -0.05) is 12.1 Å². The number of anilines is 1. The van der Waals surface area contributed by atoms with E-state index in [9.17, 15) is 8.42 Å². The molecule has 1 aromatic carbocycles. The van der Waals surface area contributed by atoms with E-state index in [1.807, 2.05) is 6.92 Å². The fourth-order valence-corrected chi connectivity index (χ4v) is 3.20. The zero-order valence-corrected chi connectivity index (χ0v) is 12.1. The molecule has 3 N–H and O–H groups in total. The van der Waals surface area contributed by atoms with Crippen LogP contribution in [-0.4, -0.2) is 30.1 Å². The van der Waals surface area contributed by atoms with Gasteiger partial charge in [-0.2, -0.15) is 5.10 Å². The summed E-state index contributed by atoms with van der Waals surface area (Å²) < 4.78 is 27.4. The van der Waals surface area contributed by atoms with E-state index in [-0.39, 0.29) is 4.90 Å². The number of hydrogen-bond donors (Lipinski definition) is 3. The van der Waals surface area contributed by atoms with Crippen LogP contribution in [0, 0.1) is 0 Å². The number of aromatic nitrogens is 3. The van der Waals surface area contributed by atoms with E-state index < -0.39 is 16.1 Å². The van der Waals surface area contributed by atoms with Crippen molar-refractivity contribution in [3.8, 4) is 0 Å². The van der Waals surface area contributed by atoms with Gasteiger partial charge in [0.05, 0.1) is 11.7 Å². The lowest BCUT2D eigenvalue weighted by molar-refractivity contribution is 0.560. The quantitative estimate of drug-likeness (QED) is 0.745. The summed E-state index contributed by atoms with van der Waals surface area (Å²) in [4.78, 5) is 4.16. The van der Waals surface area contributed by atoms with E-state index >= 15 is 0 Å². The van der Waals surface area contributed by atoms with Crippen molar-refractivity contribution in [3.05, 3.63) is 36.4 Å². The Morgan fingerprint density at radius 1 is 1.35 bits per heavy atom. The van der Waals surface area contributed by atoms with Crippen LogP contribution in [0.2, 0.25) is 0 Å². The van der Waals surface area contributed by atoms with Crippen LogP contribution in [0.3, 0.4) is 0 Å². The highest BCUT2D eigenvalue weighted by Crippen LogP contribution is 2.22. The van der Waals surface area contributed by atoms with Gasteiger partial charge in [-0.15, -0.1) is 0 Å². The van der Waals surface area contributed by atoms with Crippen molar-refractivity contribution in [1.29, 1.82) is 0 Å². The first-order chi connectivity index (χ1) is 9.54. The molecule has 2 rings (SSSR count). The van der Waals surface area contributed by atoms with Crippen LogP contribution in [0.25, 0.3) is 0 Å². The maximum atomic E-state index is 12.4. The second-order valence-corrected chi connectivity index (χ2v) is 5.92. The van der Waals surface area contributed by atoms with E-state index in [0.717, 1.165) is 0 Å². The van der Waals surface area contributed by atoms with Crippen molar-refractivity contribution in [3.63, 3.8) is 0 Å².